The van der Waals surface area contributed by atoms with Gasteiger partial charge in [-0.2, -0.15) is 0 Å². The van der Waals surface area contributed by atoms with Crippen molar-refractivity contribution in [1.29, 1.82) is 0 Å². The van der Waals surface area contributed by atoms with Gasteiger partial charge in [0.1, 0.15) is 5.69 Å². The van der Waals surface area contributed by atoms with Crippen molar-refractivity contribution >= 4 is 23.2 Å². The zero-order valence-electron chi connectivity index (χ0n) is 12.4. The van der Waals surface area contributed by atoms with Crippen molar-refractivity contribution in [1.82, 2.24) is 10.3 Å². The fraction of sp³-hybridized carbons (Fsp3) is 0.353. The summed E-state index contributed by atoms with van der Waals surface area (Å²) >= 11 is 1.48. The number of aromatic nitrogens is 1. The average molecular weight is 328 g/mol. The number of carbonyl (C=O) groups excluding carboxylic acids is 1. The van der Waals surface area contributed by atoms with Gasteiger partial charge in [-0.05, 0) is 24.8 Å². The van der Waals surface area contributed by atoms with Crippen molar-refractivity contribution in [2.24, 2.45) is 5.41 Å². The summed E-state index contributed by atoms with van der Waals surface area (Å²) in [6, 6.07) is 10.0. The molecule has 0 unspecified atom stereocenters. The minimum absolute atomic E-state index is 0.195. The Kier molecular flexibility index (Phi) is 3.06. The van der Waals surface area contributed by atoms with E-state index in [4.69, 9.17) is 5.11 Å². The molecule has 1 amide bonds. The van der Waals surface area contributed by atoms with E-state index in [1.54, 1.807) is 5.38 Å². The Bertz CT molecular complexity index is 764. The molecule has 0 spiro atoms. The summed E-state index contributed by atoms with van der Waals surface area (Å²) < 4.78 is 0. The van der Waals surface area contributed by atoms with Gasteiger partial charge < -0.3 is 10.4 Å². The summed E-state index contributed by atoms with van der Waals surface area (Å²) in [5.74, 6) is -0.938. The number of aliphatic carboxylic acids is 1. The van der Waals surface area contributed by atoms with Gasteiger partial charge in [0.15, 0.2) is 0 Å². The molecule has 6 heteroatoms. The number of rotatable bonds is 5. The molecule has 2 N–H and O–H groups in total. The summed E-state index contributed by atoms with van der Waals surface area (Å²) in [6.45, 7) is 0. The van der Waals surface area contributed by atoms with E-state index in [0.29, 0.717) is 31.4 Å². The van der Waals surface area contributed by atoms with Crippen LogP contribution in [0.3, 0.4) is 0 Å². The zero-order valence-corrected chi connectivity index (χ0v) is 13.2. The lowest BCUT2D eigenvalue weighted by Gasteiger charge is -2.67. The SMILES string of the molecule is O=C(NC12CC(C(=O)O)(C1)C2)c1csc(Cc2ccccc2)n1. The van der Waals surface area contributed by atoms with Gasteiger partial charge in [0, 0.05) is 17.3 Å². The molecular weight excluding hydrogens is 312 g/mol. The van der Waals surface area contributed by atoms with Gasteiger partial charge in [0.05, 0.1) is 10.4 Å². The summed E-state index contributed by atoms with van der Waals surface area (Å²) in [6.07, 6.45) is 2.35. The fourth-order valence-electron chi connectivity index (χ4n) is 3.72. The Labute approximate surface area is 137 Å². The highest BCUT2D eigenvalue weighted by molar-refractivity contribution is 7.09. The highest BCUT2D eigenvalue weighted by atomic mass is 32.1. The molecule has 5 rings (SSSR count). The topological polar surface area (TPSA) is 79.3 Å². The van der Waals surface area contributed by atoms with E-state index in [-0.39, 0.29) is 11.4 Å². The molecule has 0 atom stereocenters. The lowest BCUT2D eigenvalue weighted by molar-refractivity contribution is -0.196. The summed E-state index contributed by atoms with van der Waals surface area (Å²) in [4.78, 5) is 27.8. The minimum atomic E-state index is -0.743. The van der Waals surface area contributed by atoms with Gasteiger partial charge in [-0.25, -0.2) is 4.98 Å². The van der Waals surface area contributed by atoms with Crippen LogP contribution in [-0.4, -0.2) is 27.5 Å². The molecule has 23 heavy (non-hydrogen) atoms. The molecule has 2 bridgehead atoms. The number of carbonyl (C=O) groups is 2. The monoisotopic (exact) mass is 328 g/mol. The third-order valence-corrected chi connectivity index (χ3v) is 5.69. The molecule has 1 heterocycles. The number of hydrogen-bond acceptors (Lipinski definition) is 4. The van der Waals surface area contributed by atoms with Crippen LogP contribution in [0.15, 0.2) is 35.7 Å². The van der Waals surface area contributed by atoms with E-state index in [1.165, 1.54) is 11.3 Å². The first-order chi connectivity index (χ1) is 11.0. The molecule has 3 saturated carbocycles. The number of hydrogen-bond donors (Lipinski definition) is 2. The quantitative estimate of drug-likeness (QED) is 0.884. The van der Waals surface area contributed by atoms with Crippen molar-refractivity contribution in [3.05, 3.63) is 52.0 Å². The van der Waals surface area contributed by atoms with Crippen molar-refractivity contribution in [2.75, 3.05) is 0 Å². The highest BCUT2D eigenvalue weighted by Crippen LogP contribution is 2.67. The van der Waals surface area contributed by atoms with Gasteiger partial charge in [-0.1, -0.05) is 30.3 Å². The maximum atomic E-state index is 12.3. The summed E-state index contributed by atoms with van der Waals surface area (Å²) in [5, 5.41) is 14.8. The molecule has 1 aromatic heterocycles. The van der Waals surface area contributed by atoms with E-state index >= 15 is 0 Å². The Morgan fingerprint density at radius 3 is 2.57 bits per heavy atom. The molecule has 0 aliphatic heterocycles. The van der Waals surface area contributed by atoms with E-state index in [0.717, 1.165) is 10.6 Å². The first-order valence-corrected chi connectivity index (χ1v) is 8.43. The Balaban J connectivity index is 1.38. The van der Waals surface area contributed by atoms with E-state index in [9.17, 15) is 9.59 Å². The number of carboxylic acids is 1. The van der Waals surface area contributed by atoms with Crippen LogP contribution >= 0.6 is 11.3 Å². The van der Waals surface area contributed by atoms with Gasteiger partial charge in [-0.15, -0.1) is 11.3 Å². The van der Waals surface area contributed by atoms with Crippen LogP contribution in [0, 0.1) is 5.41 Å². The Morgan fingerprint density at radius 2 is 1.91 bits per heavy atom. The van der Waals surface area contributed by atoms with Crippen LogP contribution < -0.4 is 5.32 Å². The molecule has 3 aliphatic rings. The number of nitrogens with zero attached hydrogens (tertiary/aromatic N) is 1. The third kappa shape index (κ3) is 2.34. The molecule has 0 saturated heterocycles. The first-order valence-electron chi connectivity index (χ1n) is 7.55. The molecule has 1 aromatic carbocycles. The number of carboxylic acid groups (broad SMARTS) is 1. The number of benzene rings is 1. The first kappa shape index (κ1) is 14.4. The molecule has 0 radical (unpaired) electrons. The van der Waals surface area contributed by atoms with Crippen molar-refractivity contribution in [3.8, 4) is 0 Å². The maximum absolute atomic E-state index is 12.3. The van der Waals surface area contributed by atoms with E-state index < -0.39 is 11.4 Å². The van der Waals surface area contributed by atoms with E-state index in [2.05, 4.69) is 10.3 Å². The van der Waals surface area contributed by atoms with Crippen LogP contribution in [0.4, 0.5) is 0 Å². The van der Waals surface area contributed by atoms with Crippen molar-refractivity contribution in [3.63, 3.8) is 0 Å². The standard InChI is InChI=1S/C17H16N2O3S/c20-14(19-17-8-16(9-17,10-17)15(21)22)12-7-23-13(18-12)6-11-4-2-1-3-5-11/h1-5,7H,6,8-10H2,(H,19,20)(H,21,22). The molecular formula is C17H16N2O3S. The lowest BCUT2D eigenvalue weighted by Crippen LogP contribution is -2.77. The van der Waals surface area contributed by atoms with Crippen LogP contribution in [0.2, 0.25) is 0 Å². The molecule has 2 aromatic rings. The molecule has 3 fully saturated rings. The number of nitrogens with one attached hydrogen (secondary N) is 1. The largest absolute Gasteiger partial charge is 0.481 e. The summed E-state index contributed by atoms with van der Waals surface area (Å²) in [7, 11) is 0. The number of thiazole rings is 1. The second-order valence-corrected chi connectivity index (χ2v) is 7.58. The van der Waals surface area contributed by atoms with Crippen LogP contribution in [0.25, 0.3) is 0 Å². The Morgan fingerprint density at radius 1 is 1.22 bits per heavy atom. The summed E-state index contributed by atoms with van der Waals surface area (Å²) in [5.41, 5.74) is 0.707. The van der Waals surface area contributed by atoms with Crippen molar-refractivity contribution < 1.29 is 14.7 Å². The van der Waals surface area contributed by atoms with Gasteiger partial charge in [-0.3, -0.25) is 9.59 Å². The maximum Gasteiger partial charge on any atom is 0.309 e. The van der Waals surface area contributed by atoms with Gasteiger partial charge in [0.25, 0.3) is 5.91 Å². The predicted octanol–water partition coefficient (Wildman–Crippen LogP) is 2.47. The Hall–Kier alpha value is -2.21. The van der Waals surface area contributed by atoms with Crippen LogP contribution in [0.5, 0.6) is 0 Å². The van der Waals surface area contributed by atoms with Gasteiger partial charge >= 0.3 is 5.97 Å². The normalized spacial score (nSPS) is 27.7. The van der Waals surface area contributed by atoms with Crippen LogP contribution in [0.1, 0.15) is 40.3 Å². The zero-order chi connectivity index (χ0) is 16.1. The number of amides is 1. The highest BCUT2D eigenvalue weighted by Gasteiger charge is 2.72. The van der Waals surface area contributed by atoms with Gasteiger partial charge in [0.2, 0.25) is 0 Å². The fourth-order valence-corrected chi connectivity index (χ4v) is 4.53. The van der Waals surface area contributed by atoms with Crippen molar-refractivity contribution in [2.45, 2.75) is 31.2 Å². The lowest BCUT2D eigenvalue weighted by atomic mass is 9.39. The molecule has 3 aliphatic carbocycles. The predicted molar refractivity (Wildman–Crippen MR) is 85.5 cm³/mol. The average Bonchev–Trinajstić information content (AvgIpc) is 2.90. The van der Waals surface area contributed by atoms with Crippen LogP contribution in [-0.2, 0) is 11.2 Å². The second-order valence-electron chi connectivity index (χ2n) is 6.64. The second kappa shape index (κ2) is 4.89. The van der Waals surface area contributed by atoms with E-state index in [1.807, 2.05) is 30.3 Å². The minimum Gasteiger partial charge on any atom is -0.481 e. The molecule has 118 valence electrons. The molecule has 5 nitrogen and oxygen atoms in total. The third-order valence-electron chi connectivity index (χ3n) is 4.85. The smallest absolute Gasteiger partial charge is 0.309 e.